The third-order valence-corrected chi connectivity index (χ3v) is 3.72. The molecule has 1 heterocycles. The summed E-state index contributed by atoms with van der Waals surface area (Å²) in [5, 5.41) is 10.5. The zero-order valence-electron chi connectivity index (χ0n) is 8.23. The molecule has 1 atom stereocenters. The Kier molecular flexibility index (Phi) is 3.87. The van der Waals surface area contributed by atoms with E-state index in [0.717, 1.165) is 4.47 Å². The quantitative estimate of drug-likeness (QED) is 0.927. The van der Waals surface area contributed by atoms with E-state index in [1.54, 1.807) is 11.4 Å². The number of halogens is 1. The molecule has 6 heteroatoms. The number of carbonyl (C=O) groups excluding carboxylic acids is 1. The van der Waals surface area contributed by atoms with Gasteiger partial charge in [-0.1, -0.05) is 0 Å². The molecule has 0 aliphatic heterocycles. The van der Waals surface area contributed by atoms with E-state index in [4.69, 9.17) is 5.11 Å². The van der Waals surface area contributed by atoms with Crippen LogP contribution in [-0.4, -0.2) is 35.0 Å². The molecular weight excluding hydrogens is 282 g/mol. The van der Waals surface area contributed by atoms with Crippen LogP contribution >= 0.6 is 27.3 Å². The second kappa shape index (κ2) is 4.76. The Morgan fingerprint density at radius 3 is 2.60 bits per heavy atom. The summed E-state index contributed by atoms with van der Waals surface area (Å²) in [7, 11) is 1.48. The first-order chi connectivity index (χ1) is 6.93. The Bertz CT molecular complexity index is 390. The zero-order chi connectivity index (χ0) is 11.6. The topological polar surface area (TPSA) is 57.6 Å². The molecule has 0 aliphatic rings. The van der Waals surface area contributed by atoms with Crippen LogP contribution in [0.3, 0.4) is 0 Å². The Labute approximate surface area is 99.6 Å². The van der Waals surface area contributed by atoms with Crippen molar-refractivity contribution in [1.82, 2.24) is 4.90 Å². The van der Waals surface area contributed by atoms with Gasteiger partial charge < -0.3 is 10.0 Å². The molecule has 1 aromatic heterocycles. The van der Waals surface area contributed by atoms with Crippen LogP contribution in [0.15, 0.2) is 15.9 Å². The number of thiophene rings is 1. The van der Waals surface area contributed by atoms with Gasteiger partial charge in [0.15, 0.2) is 0 Å². The highest BCUT2D eigenvalue weighted by molar-refractivity contribution is 9.10. The number of aliphatic carboxylic acids is 1. The minimum Gasteiger partial charge on any atom is -0.480 e. The molecule has 1 rings (SSSR count). The molecule has 0 saturated carbocycles. The van der Waals surface area contributed by atoms with E-state index < -0.39 is 12.0 Å². The number of nitrogens with zero attached hydrogens (tertiary/aromatic N) is 1. The third-order valence-electron chi connectivity index (χ3n) is 2.04. The van der Waals surface area contributed by atoms with Crippen molar-refractivity contribution in [3.05, 3.63) is 20.8 Å². The van der Waals surface area contributed by atoms with Crippen molar-refractivity contribution in [3.8, 4) is 0 Å². The molecule has 1 unspecified atom stereocenters. The van der Waals surface area contributed by atoms with Crippen LogP contribution in [0, 0.1) is 0 Å². The lowest BCUT2D eigenvalue weighted by Crippen LogP contribution is -2.39. The summed E-state index contributed by atoms with van der Waals surface area (Å²) >= 11 is 4.52. The second-order valence-electron chi connectivity index (χ2n) is 3.06. The minimum atomic E-state index is -1.01. The number of likely N-dealkylation sites (N-methyl/N-ethyl adjacent to an activating group) is 1. The van der Waals surface area contributed by atoms with E-state index in [1.807, 2.05) is 0 Å². The Balaban J connectivity index is 2.81. The number of carboxylic acid groups (broad SMARTS) is 1. The molecular formula is C9H10BrNO3S. The summed E-state index contributed by atoms with van der Waals surface area (Å²) < 4.78 is 0.826. The number of carbonyl (C=O) groups is 2. The number of hydrogen-bond donors (Lipinski definition) is 1. The Morgan fingerprint density at radius 1 is 1.60 bits per heavy atom. The highest BCUT2D eigenvalue weighted by Crippen LogP contribution is 2.21. The maximum atomic E-state index is 11.8. The predicted octanol–water partition coefficient (Wildman–Crippen LogP) is 2.06. The summed E-state index contributed by atoms with van der Waals surface area (Å²) in [6, 6.07) is 0.858. The molecule has 0 bridgehead atoms. The van der Waals surface area contributed by atoms with E-state index in [0.29, 0.717) is 4.88 Å². The van der Waals surface area contributed by atoms with Gasteiger partial charge in [-0.25, -0.2) is 4.79 Å². The van der Waals surface area contributed by atoms with Gasteiger partial charge in [0.1, 0.15) is 6.04 Å². The number of rotatable bonds is 3. The van der Waals surface area contributed by atoms with Crippen molar-refractivity contribution in [3.63, 3.8) is 0 Å². The predicted molar refractivity (Wildman–Crippen MR) is 61.2 cm³/mol. The lowest BCUT2D eigenvalue weighted by atomic mass is 10.3. The first kappa shape index (κ1) is 12.2. The summed E-state index contributed by atoms with van der Waals surface area (Å²) in [6.45, 7) is 1.48. The smallest absolute Gasteiger partial charge is 0.326 e. The van der Waals surface area contributed by atoms with Gasteiger partial charge in [-0.15, -0.1) is 11.3 Å². The number of carboxylic acids is 1. The first-order valence-corrected chi connectivity index (χ1v) is 5.84. The summed E-state index contributed by atoms with van der Waals surface area (Å²) in [5.41, 5.74) is 0. The SMILES string of the molecule is CC(C(=O)O)N(C)C(=O)c1cc(Br)cs1. The van der Waals surface area contributed by atoms with Crippen molar-refractivity contribution in [1.29, 1.82) is 0 Å². The maximum absolute atomic E-state index is 11.8. The minimum absolute atomic E-state index is 0.277. The van der Waals surface area contributed by atoms with Crippen LogP contribution in [0.5, 0.6) is 0 Å². The lowest BCUT2D eigenvalue weighted by Gasteiger charge is -2.20. The van der Waals surface area contributed by atoms with E-state index in [-0.39, 0.29) is 5.91 Å². The van der Waals surface area contributed by atoms with Crippen molar-refractivity contribution >= 4 is 39.1 Å². The summed E-state index contributed by atoms with van der Waals surface area (Å²) in [5.74, 6) is -1.29. The van der Waals surface area contributed by atoms with E-state index in [9.17, 15) is 9.59 Å². The molecule has 1 N–H and O–H groups in total. The summed E-state index contributed by atoms with van der Waals surface area (Å²) in [4.78, 5) is 24.2. The number of amides is 1. The van der Waals surface area contributed by atoms with Crippen molar-refractivity contribution in [2.75, 3.05) is 7.05 Å². The molecule has 82 valence electrons. The second-order valence-corrected chi connectivity index (χ2v) is 4.89. The van der Waals surface area contributed by atoms with Crippen LogP contribution in [0.25, 0.3) is 0 Å². The molecule has 0 aliphatic carbocycles. The van der Waals surface area contributed by atoms with Crippen LogP contribution in [0.4, 0.5) is 0 Å². The van der Waals surface area contributed by atoms with Crippen molar-refractivity contribution in [2.24, 2.45) is 0 Å². The molecule has 15 heavy (non-hydrogen) atoms. The molecule has 1 amide bonds. The van der Waals surface area contributed by atoms with Gasteiger partial charge in [0.25, 0.3) is 5.91 Å². The maximum Gasteiger partial charge on any atom is 0.326 e. The summed E-state index contributed by atoms with van der Waals surface area (Å²) in [6.07, 6.45) is 0. The molecule has 0 aromatic carbocycles. The molecule has 4 nitrogen and oxygen atoms in total. The Morgan fingerprint density at radius 2 is 2.20 bits per heavy atom. The lowest BCUT2D eigenvalue weighted by molar-refractivity contribution is -0.141. The van der Waals surface area contributed by atoms with E-state index in [2.05, 4.69) is 15.9 Å². The third kappa shape index (κ3) is 2.79. The molecule has 0 spiro atoms. The molecule has 0 radical (unpaired) electrons. The van der Waals surface area contributed by atoms with Gasteiger partial charge in [-0.2, -0.15) is 0 Å². The normalized spacial score (nSPS) is 12.2. The van der Waals surface area contributed by atoms with E-state index >= 15 is 0 Å². The molecule has 0 saturated heterocycles. The van der Waals surface area contributed by atoms with Gasteiger partial charge >= 0.3 is 5.97 Å². The fraction of sp³-hybridized carbons (Fsp3) is 0.333. The van der Waals surface area contributed by atoms with Gasteiger partial charge in [0.05, 0.1) is 4.88 Å². The largest absolute Gasteiger partial charge is 0.480 e. The zero-order valence-corrected chi connectivity index (χ0v) is 10.6. The number of hydrogen-bond acceptors (Lipinski definition) is 3. The fourth-order valence-corrected chi connectivity index (χ4v) is 2.35. The average molecular weight is 292 g/mol. The highest BCUT2D eigenvalue weighted by Gasteiger charge is 2.23. The average Bonchev–Trinajstić information content (AvgIpc) is 2.61. The molecule has 1 aromatic rings. The van der Waals surface area contributed by atoms with Crippen molar-refractivity contribution < 1.29 is 14.7 Å². The highest BCUT2D eigenvalue weighted by atomic mass is 79.9. The van der Waals surface area contributed by atoms with Gasteiger partial charge in [-0.05, 0) is 28.9 Å². The van der Waals surface area contributed by atoms with Crippen LogP contribution in [0.1, 0.15) is 16.6 Å². The van der Waals surface area contributed by atoms with Crippen LogP contribution in [-0.2, 0) is 4.79 Å². The van der Waals surface area contributed by atoms with Gasteiger partial charge in [0.2, 0.25) is 0 Å². The van der Waals surface area contributed by atoms with Crippen LogP contribution < -0.4 is 0 Å². The monoisotopic (exact) mass is 291 g/mol. The Hall–Kier alpha value is -0.880. The van der Waals surface area contributed by atoms with Gasteiger partial charge in [-0.3, -0.25) is 4.79 Å². The van der Waals surface area contributed by atoms with Crippen LogP contribution in [0.2, 0.25) is 0 Å². The molecule has 0 fully saturated rings. The fourth-order valence-electron chi connectivity index (χ4n) is 0.941. The van der Waals surface area contributed by atoms with E-state index in [1.165, 1.54) is 30.2 Å². The standard InChI is InChI=1S/C9H10BrNO3S/c1-5(9(13)14)11(2)8(12)7-3-6(10)4-15-7/h3-5H,1-2H3,(H,13,14). The first-order valence-electron chi connectivity index (χ1n) is 4.17. The van der Waals surface area contributed by atoms with Crippen molar-refractivity contribution in [2.45, 2.75) is 13.0 Å². The van der Waals surface area contributed by atoms with Gasteiger partial charge in [0, 0.05) is 16.9 Å².